The van der Waals surface area contributed by atoms with E-state index in [-0.39, 0.29) is 0 Å². The Balaban J connectivity index is 2.35. The second kappa shape index (κ2) is 8.49. The lowest BCUT2D eigenvalue weighted by atomic mass is 10.4. The molecule has 0 aliphatic heterocycles. The van der Waals surface area contributed by atoms with Crippen molar-refractivity contribution in [1.29, 1.82) is 0 Å². The van der Waals surface area contributed by atoms with E-state index in [0.717, 1.165) is 18.7 Å². The van der Waals surface area contributed by atoms with Crippen molar-refractivity contribution in [3.63, 3.8) is 0 Å². The smallest absolute Gasteiger partial charge is 0.210 e. The van der Waals surface area contributed by atoms with Crippen molar-refractivity contribution in [2.24, 2.45) is 10.8 Å². The topological polar surface area (TPSA) is 84.6 Å². The van der Waals surface area contributed by atoms with Crippen molar-refractivity contribution in [2.45, 2.75) is 13.3 Å². The summed E-state index contributed by atoms with van der Waals surface area (Å²) < 4.78 is 5.22. The largest absolute Gasteiger partial charge is 0.382 e. The molecule has 0 aliphatic rings. The van der Waals surface area contributed by atoms with Crippen LogP contribution < -0.4 is 16.6 Å². The molecule has 6 nitrogen and oxygen atoms in total. The molecular formula is C11H19N5O. The van der Waals surface area contributed by atoms with Gasteiger partial charge in [-0.15, -0.1) is 0 Å². The first-order valence-corrected chi connectivity index (χ1v) is 5.62. The van der Waals surface area contributed by atoms with E-state index >= 15 is 0 Å². The Morgan fingerprint density at radius 2 is 2.47 bits per heavy atom. The number of hydrogen-bond acceptors (Lipinski definition) is 4. The summed E-state index contributed by atoms with van der Waals surface area (Å²) in [6, 6.07) is 3.73. The van der Waals surface area contributed by atoms with Crippen molar-refractivity contribution in [2.75, 3.05) is 25.1 Å². The fraction of sp³-hybridized carbons (Fsp3) is 0.455. The van der Waals surface area contributed by atoms with Gasteiger partial charge in [-0.2, -0.15) is 0 Å². The predicted octanol–water partition coefficient (Wildman–Crippen LogP) is 0.739. The third-order valence-electron chi connectivity index (χ3n) is 1.98. The Morgan fingerprint density at radius 3 is 3.12 bits per heavy atom. The minimum absolute atomic E-state index is 0.523. The van der Waals surface area contributed by atoms with Crippen LogP contribution in [-0.2, 0) is 4.74 Å². The molecule has 0 saturated heterocycles. The molecule has 0 unspecified atom stereocenters. The van der Waals surface area contributed by atoms with Crippen molar-refractivity contribution in [3.8, 4) is 0 Å². The van der Waals surface area contributed by atoms with Gasteiger partial charge in [0.1, 0.15) is 0 Å². The van der Waals surface area contributed by atoms with Crippen molar-refractivity contribution >= 4 is 11.6 Å². The Morgan fingerprint density at radius 1 is 1.59 bits per heavy atom. The van der Waals surface area contributed by atoms with Crippen LogP contribution in [0.3, 0.4) is 0 Å². The van der Waals surface area contributed by atoms with Crippen LogP contribution in [0.25, 0.3) is 0 Å². The molecular weight excluding hydrogens is 218 g/mol. The van der Waals surface area contributed by atoms with Crippen LogP contribution in [-0.4, -0.2) is 30.7 Å². The molecule has 0 aliphatic carbocycles. The Kier molecular flexibility index (Phi) is 6.69. The standard InChI is InChI=1S/C11H19N5O/c1-2-17-8-4-7-14-11(16-12)15-10-5-3-6-13-9-10/h3,5-6,9H,2,4,7-8,12H2,1H3,(H2,14,15,16). The summed E-state index contributed by atoms with van der Waals surface area (Å²) in [5.41, 5.74) is 3.35. The highest BCUT2D eigenvalue weighted by Gasteiger charge is 1.96. The molecule has 0 fully saturated rings. The normalized spacial score (nSPS) is 11.3. The Labute approximate surface area is 101 Å². The van der Waals surface area contributed by atoms with Gasteiger partial charge < -0.3 is 10.1 Å². The number of hydrogen-bond donors (Lipinski definition) is 3. The van der Waals surface area contributed by atoms with Gasteiger partial charge in [0.15, 0.2) is 0 Å². The van der Waals surface area contributed by atoms with E-state index in [1.807, 2.05) is 19.1 Å². The highest BCUT2D eigenvalue weighted by Crippen LogP contribution is 2.01. The number of nitrogens with zero attached hydrogens (tertiary/aromatic N) is 2. The number of nitrogens with one attached hydrogen (secondary N) is 2. The molecule has 0 spiro atoms. The van der Waals surface area contributed by atoms with Crippen LogP contribution >= 0.6 is 0 Å². The molecule has 0 radical (unpaired) electrons. The highest BCUT2D eigenvalue weighted by molar-refractivity contribution is 5.92. The molecule has 1 aromatic heterocycles. The lowest BCUT2D eigenvalue weighted by Crippen LogP contribution is -2.36. The van der Waals surface area contributed by atoms with Gasteiger partial charge >= 0.3 is 0 Å². The molecule has 1 rings (SSSR count). The van der Waals surface area contributed by atoms with Crippen molar-refractivity contribution < 1.29 is 4.74 Å². The SMILES string of the molecule is CCOCCCN=C(NN)Nc1cccnc1. The minimum Gasteiger partial charge on any atom is -0.382 e. The summed E-state index contributed by atoms with van der Waals surface area (Å²) in [7, 11) is 0. The van der Waals surface area contributed by atoms with Crippen LogP contribution in [0, 0.1) is 0 Å². The third-order valence-corrected chi connectivity index (χ3v) is 1.98. The molecule has 6 heteroatoms. The number of hydrazine groups is 1. The number of anilines is 1. The number of ether oxygens (including phenoxy) is 1. The average molecular weight is 237 g/mol. The zero-order valence-electron chi connectivity index (χ0n) is 10.0. The van der Waals surface area contributed by atoms with E-state index in [2.05, 4.69) is 20.7 Å². The first-order valence-electron chi connectivity index (χ1n) is 5.62. The van der Waals surface area contributed by atoms with E-state index < -0.39 is 0 Å². The first-order chi connectivity index (χ1) is 8.36. The summed E-state index contributed by atoms with van der Waals surface area (Å²) in [5, 5.41) is 3.03. The monoisotopic (exact) mass is 237 g/mol. The van der Waals surface area contributed by atoms with Gasteiger partial charge in [-0.1, -0.05) is 0 Å². The Bertz CT molecular complexity index is 328. The fourth-order valence-electron chi connectivity index (χ4n) is 1.20. The molecule has 0 saturated carbocycles. The number of aliphatic imine (C=N–C) groups is 1. The van der Waals surface area contributed by atoms with Crippen LogP contribution in [0.15, 0.2) is 29.5 Å². The number of pyridine rings is 1. The second-order valence-electron chi connectivity index (χ2n) is 3.29. The van der Waals surface area contributed by atoms with Gasteiger partial charge in [-0.05, 0) is 25.5 Å². The van der Waals surface area contributed by atoms with E-state index in [1.165, 1.54) is 0 Å². The Hall–Kier alpha value is -1.66. The van der Waals surface area contributed by atoms with Crippen LogP contribution in [0.4, 0.5) is 5.69 Å². The highest BCUT2D eigenvalue weighted by atomic mass is 16.5. The van der Waals surface area contributed by atoms with Gasteiger partial charge in [0, 0.05) is 26.0 Å². The number of rotatable bonds is 6. The molecule has 0 atom stereocenters. The van der Waals surface area contributed by atoms with E-state index in [9.17, 15) is 0 Å². The summed E-state index contributed by atoms with van der Waals surface area (Å²) in [6.07, 6.45) is 4.28. The lowest BCUT2D eigenvalue weighted by Gasteiger charge is -2.08. The molecule has 4 N–H and O–H groups in total. The van der Waals surface area contributed by atoms with Crippen molar-refractivity contribution in [3.05, 3.63) is 24.5 Å². The number of aromatic nitrogens is 1. The molecule has 17 heavy (non-hydrogen) atoms. The van der Waals surface area contributed by atoms with Gasteiger partial charge in [0.2, 0.25) is 5.96 Å². The molecule has 1 heterocycles. The fourth-order valence-corrected chi connectivity index (χ4v) is 1.20. The molecule has 0 bridgehead atoms. The summed E-state index contributed by atoms with van der Waals surface area (Å²) in [4.78, 5) is 8.26. The summed E-state index contributed by atoms with van der Waals surface area (Å²) in [6.45, 7) is 4.08. The third kappa shape index (κ3) is 5.84. The minimum atomic E-state index is 0.523. The molecule has 94 valence electrons. The van der Waals surface area contributed by atoms with E-state index in [1.54, 1.807) is 12.4 Å². The van der Waals surface area contributed by atoms with E-state index in [4.69, 9.17) is 10.6 Å². The number of nitrogens with two attached hydrogens (primary N) is 1. The van der Waals surface area contributed by atoms with Gasteiger partial charge in [0.25, 0.3) is 0 Å². The van der Waals surface area contributed by atoms with Gasteiger partial charge in [-0.3, -0.25) is 15.4 Å². The summed E-state index contributed by atoms with van der Waals surface area (Å²) >= 11 is 0. The van der Waals surface area contributed by atoms with Crippen LogP contribution in [0.2, 0.25) is 0 Å². The van der Waals surface area contributed by atoms with Crippen molar-refractivity contribution in [1.82, 2.24) is 10.4 Å². The average Bonchev–Trinajstić information content (AvgIpc) is 2.38. The summed E-state index contributed by atoms with van der Waals surface area (Å²) in [5.74, 6) is 5.89. The zero-order chi connectivity index (χ0) is 12.3. The van der Waals surface area contributed by atoms with Crippen LogP contribution in [0.5, 0.6) is 0 Å². The maximum Gasteiger partial charge on any atom is 0.210 e. The lowest BCUT2D eigenvalue weighted by molar-refractivity contribution is 0.146. The zero-order valence-corrected chi connectivity index (χ0v) is 10.0. The van der Waals surface area contributed by atoms with E-state index in [0.29, 0.717) is 19.1 Å². The molecule has 1 aromatic rings. The second-order valence-corrected chi connectivity index (χ2v) is 3.29. The maximum absolute atomic E-state index is 5.37. The first kappa shape index (κ1) is 13.4. The van der Waals surface area contributed by atoms with Crippen LogP contribution in [0.1, 0.15) is 13.3 Å². The number of guanidine groups is 1. The quantitative estimate of drug-likeness (QED) is 0.223. The molecule has 0 amide bonds. The van der Waals surface area contributed by atoms with Gasteiger partial charge in [0.05, 0.1) is 11.9 Å². The van der Waals surface area contributed by atoms with Gasteiger partial charge in [-0.25, -0.2) is 5.84 Å². The predicted molar refractivity (Wildman–Crippen MR) is 68.6 cm³/mol. The molecule has 0 aromatic carbocycles. The maximum atomic E-state index is 5.37.